The van der Waals surface area contributed by atoms with E-state index in [1.165, 1.54) is 16.7 Å². The minimum Gasteiger partial charge on any atom is -0.323 e. The molecule has 0 fully saturated rings. The molecule has 0 spiro atoms. The van der Waals surface area contributed by atoms with E-state index in [1.54, 1.807) is 0 Å². The van der Waals surface area contributed by atoms with Crippen LogP contribution in [0.15, 0.2) is 54.6 Å². The van der Waals surface area contributed by atoms with Crippen molar-refractivity contribution < 1.29 is 0 Å². The number of benzene rings is 2. The van der Waals surface area contributed by atoms with Crippen LogP contribution in [0.4, 0.5) is 0 Å². The van der Waals surface area contributed by atoms with Gasteiger partial charge in [-0.15, -0.1) is 0 Å². The molecule has 2 heteroatoms. The third-order valence-corrected chi connectivity index (χ3v) is 3.04. The van der Waals surface area contributed by atoms with Gasteiger partial charge in [0.2, 0.25) is 0 Å². The van der Waals surface area contributed by atoms with Gasteiger partial charge in [0.05, 0.1) is 0 Å². The number of rotatable bonds is 5. The van der Waals surface area contributed by atoms with Crippen LogP contribution in [-0.2, 0) is 6.54 Å². The first kappa shape index (κ1) is 12.8. The van der Waals surface area contributed by atoms with Crippen LogP contribution in [0, 0.1) is 6.92 Å². The quantitative estimate of drug-likeness (QED) is 0.843. The lowest BCUT2D eigenvalue weighted by molar-refractivity contribution is 0.598. The summed E-state index contributed by atoms with van der Waals surface area (Å²) in [5.41, 5.74) is 9.88. The Morgan fingerprint density at radius 2 is 1.67 bits per heavy atom. The van der Waals surface area contributed by atoms with Crippen LogP contribution in [0.5, 0.6) is 0 Å². The minimum absolute atomic E-state index is 0.0503. The summed E-state index contributed by atoms with van der Waals surface area (Å²) in [5, 5.41) is 3.39. The van der Waals surface area contributed by atoms with Gasteiger partial charge < -0.3 is 11.1 Å². The lowest BCUT2D eigenvalue weighted by Gasteiger charge is -2.13. The van der Waals surface area contributed by atoms with E-state index in [9.17, 15) is 0 Å². The van der Waals surface area contributed by atoms with Crippen molar-refractivity contribution in [1.82, 2.24) is 5.32 Å². The highest BCUT2D eigenvalue weighted by atomic mass is 14.9. The molecular weight excluding hydrogens is 220 g/mol. The second kappa shape index (κ2) is 6.34. The highest BCUT2D eigenvalue weighted by molar-refractivity contribution is 5.24. The van der Waals surface area contributed by atoms with Crippen molar-refractivity contribution in [2.45, 2.75) is 19.5 Å². The van der Waals surface area contributed by atoms with Gasteiger partial charge in [0.25, 0.3) is 0 Å². The molecule has 0 aliphatic heterocycles. The van der Waals surface area contributed by atoms with Crippen molar-refractivity contribution >= 4 is 0 Å². The molecule has 0 saturated carbocycles. The summed E-state index contributed by atoms with van der Waals surface area (Å²) in [5.74, 6) is 0. The van der Waals surface area contributed by atoms with Crippen molar-refractivity contribution in [2.75, 3.05) is 6.54 Å². The molecule has 0 radical (unpaired) electrons. The van der Waals surface area contributed by atoms with Crippen molar-refractivity contribution in [3.63, 3.8) is 0 Å². The van der Waals surface area contributed by atoms with Gasteiger partial charge >= 0.3 is 0 Å². The molecule has 0 aliphatic carbocycles. The Bertz CT molecular complexity index is 462. The Balaban J connectivity index is 1.81. The zero-order valence-corrected chi connectivity index (χ0v) is 10.8. The average Bonchev–Trinajstić information content (AvgIpc) is 2.40. The lowest BCUT2D eigenvalue weighted by atomic mass is 10.1. The molecule has 2 rings (SSSR count). The van der Waals surface area contributed by atoms with Gasteiger partial charge in [-0.1, -0.05) is 60.2 Å². The fraction of sp³-hybridized carbons (Fsp3) is 0.250. The zero-order valence-electron chi connectivity index (χ0n) is 10.8. The zero-order chi connectivity index (χ0) is 12.8. The first-order valence-corrected chi connectivity index (χ1v) is 6.32. The smallest absolute Gasteiger partial charge is 0.0421 e. The van der Waals surface area contributed by atoms with Gasteiger partial charge in [0.1, 0.15) is 0 Å². The molecule has 18 heavy (non-hydrogen) atoms. The molecule has 0 saturated heterocycles. The number of hydrogen-bond donors (Lipinski definition) is 2. The first-order chi connectivity index (χ1) is 8.75. The third-order valence-electron chi connectivity index (χ3n) is 3.04. The second-order valence-electron chi connectivity index (χ2n) is 4.63. The number of nitrogens with two attached hydrogens (primary N) is 1. The second-order valence-corrected chi connectivity index (χ2v) is 4.63. The summed E-state index contributed by atoms with van der Waals surface area (Å²) in [6.07, 6.45) is 0. The topological polar surface area (TPSA) is 38.0 Å². The standard InChI is InChI=1S/C16H20N2/c1-13-7-9-15(10-8-13)16(17)12-18-11-14-5-3-2-4-6-14/h2-10,16,18H,11-12,17H2,1H3/t16-/m1/s1. The fourth-order valence-electron chi connectivity index (χ4n) is 1.90. The van der Waals surface area contributed by atoms with Crippen LogP contribution in [0.3, 0.4) is 0 Å². The maximum absolute atomic E-state index is 6.15. The van der Waals surface area contributed by atoms with Crippen molar-refractivity contribution in [2.24, 2.45) is 5.73 Å². The molecule has 0 aromatic heterocycles. The molecule has 1 atom stereocenters. The fourth-order valence-corrected chi connectivity index (χ4v) is 1.90. The SMILES string of the molecule is Cc1ccc([C@H](N)CNCc2ccccc2)cc1. The van der Waals surface area contributed by atoms with E-state index in [0.717, 1.165) is 13.1 Å². The van der Waals surface area contributed by atoms with Gasteiger partial charge in [0, 0.05) is 19.1 Å². The van der Waals surface area contributed by atoms with Gasteiger partial charge in [-0.05, 0) is 18.1 Å². The Hall–Kier alpha value is -1.64. The van der Waals surface area contributed by atoms with E-state index in [4.69, 9.17) is 5.73 Å². The average molecular weight is 240 g/mol. The Labute approximate surface area is 109 Å². The van der Waals surface area contributed by atoms with E-state index in [0.29, 0.717) is 0 Å². The highest BCUT2D eigenvalue weighted by Crippen LogP contribution is 2.10. The van der Waals surface area contributed by atoms with Crippen molar-refractivity contribution in [1.29, 1.82) is 0 Å². The summed E-state index contributed by atoms with van der Waals surface area (Å²) in [6.45, 7) is 3.74. The molecule has 94 valence electrons. The van der Waals surface area contributed by atoms with Crippen LogP contribution in [-0.4, -0.2) is 6.54 Å². The molecule has 0 bridgehead atoms. The van der Waals surface area contributed by atoms with E-state index < -0.39 is 0 Å². The molecule has 0 amide bonds. The van der Waals surface area contributed by atoms with Crippen LogP contribution in [0.1, 0.15) is 22.7 Å². The maximum atomic E-state index is 6.15. The van der Waals surface area contributed by atoms with Crippen LogP contribution in [0.25, 0.3) is 0 Å². The van der Waals surface area contributed by atoms with Crippen LogP contribution >= 0.6 is 0 Å². The van der Waals surface area contributed by atoms with E-state index in [-0.39, 0.29) is 6.04 Å². The summed E-state index contributed by atoms with van der Waals surface area (Å²) < 4.78 is 0. The Kier molecular flexibility index (Phi) is 4.51. The molecular formula is C16H20N2. The highest BCUT2D eigenvalue weighted by Gasteiger charge is 2.04. The van der Waals surface area contributed by atoms with Gasteiger partial charge in [-0.25, -0.2) is 0 Å². The van der Waals surface area contributed by atoms with Crippen molar-refractivity contribution in [3.8, 4) is 0 Å². The monoisotopic (exact) mass is 240 g/mol. The third kappa shape index (κ3) is 3.69. The summed E-state index contributed by atoms with van der Waals surface area (Å²) >= 11 is 0. The molecule has 3 N–H and O–H groups in total. The summed E-state index contributed by atoms with van der Waals surface area (Å²) in [4.78, 5) is 0. The predicted molar refractivity (Wildman–Crippen MR) is 76.3 cm³/mol. The molecule has 0 unspecified atom stereocenters. The first-order valence-electron chi connectivity index (χ1n) is 6.32. The molecule has 0 heterocycles. The molecule has 0 aliphatic rings. The largest absolute Gasteiger partial charge is 0.323 e. The molecule has 2 nitrogen and oxygen atoms in total. The lowest BCUT2D eigenvalue weighted by Crippen LogP contribution is -2.26. The maximum Gasteiger partial charge on any atom is 0.0421 e. The Morgan fingerprint density at radius 1 is 1.00 bits per heavy atom. The van der Waals surface area contributed by atoms with E-state index >= 15 is 0 Å². The minimum atomic E-state index is 0.0503. The van der Waals surface area contributed by atoms with Gasteiger partial charge in [-0.2, -0.15) is 0 Å². The van der Waals surface area contributed by atoms with Crippen LogP contribution in [0.2, 0.25) is 0 Å². The van der Waals surface area contributed by atoms with E-state index in [1.807, 2.05) is 6.07 Å². The predicted octanol–water partition coefficient (Wildman–Crippen LogP) is 2.78. The van der Waals surface area contributed by atoms with E-state index in [2.05, 4.69) is 60.8 Å². The normalized spacial score (nSPS) is 12.3. The van der Waals surface area contributed by atoms with Gasteiger partial charge in [-0.3, -0.25) is 0 Å². The van der Waals surface area contributed by atoms with Gasteiger partial charge in [0.15, 0.2) is 0 Å². The molecule has 2 aromatic rings. The Morgan fingerprint density at radius 3 is 2.33 bits per heavy atom. The summed E-state index contributed by atoms with van der Waals surface area (Å²) in [6, 6.07) is 18.8. The van der Waals surface area contributed by atoms with Crippen LogP contribution < -0.4 is 11.1 Å². The number of aryl methyl sites for hydroxylation is 1. The number of hydrogen-bond acceptors (Lipinski definition) is 2. The number of nitrogens with one attached hydrogen (secondary N) is 1. The molecule has 2 aromatic carbocycles. The summed E-state index contributed by atoms with van der Waals surface area (Å²) in [7, 11) is 0. The van der Waals surface area contributed by atoms with Crippen molar-refractivity contribution in [3.05, 3.63) is 71.3 Å².